The maximum Gasteiger partial charge on any atom is 0.123 e. The number of methoxy groups -OCH3 is 1. The van der Waals surface area contributed by atoms with Gasteiger partial charge in [-0.2, -0.15) is 0 Å². The van der Waals surface area contributed by atoms with E-state index in [1.54, 1.807) is 7.11 Å². The van der Waals surface area contributed by atoms with E-state index in [1.807, 2.05) is 18.2 Å². The summed E-state index contributed by atoms with van der Waals surface area (Å²) in [4.78, 5) is 2.21. The van der Waals surface area contributed by atoms with Crippen molar-refractivity contribution in [3.8, 4) is 5.75 Å². The van der Waals surface area contributed by atoms with Crippen molar-refractivity contribution in [2.75, 3.05) is 19.1 Å². The summed E-state index contributed by atoms with van der Waals surface area (Å²) in [5.74, 6) is 0.925. The molecule has 2 N–H and O–H groups in total. The Morgan fingerprint density at radius 1 is 1.10 bits per heavy atom. The van der Waals surface area contributed by atoms with Crippen molar-refractivity contribution in [1.29, 1.82) is 0 Å². The largest absolute Gasteiger partial charge is 0.496 e. The van der Waals surface area contributed by atoms with E-state index in [9.17, 15) is 0 Å². The van der Waals surface area contributed by atoms with Crippen LogP contribution in [0, 0.1) is 0 Å². The van der Waals surface area contributed by atoms with Crippen molar-refractivity contribution < 1.29 is 4.74 Å². The smallest absolute Gasteiger partial charge is 0.123 e. The fraction of sp³-hybridized carbons (Fsp3) is 0.333. The highest BCUT2D eigenvalue weighted by Crippen LogP contribution is 2.23. The first-order chi connectivity index (χ1) is 10.2. The highest BCUT2D eigenvalue weighted by atomic mass is 16.5. The normalized spacial score (nSPS) is 12.0. The minimum absolute atomic E-state index is 0.124. The summed E-state index contributed by atoms with van der Waals surface area (Å²) < 4.78 is 5.40. The Morgan fingerprint density at radius 3 is 2.38 bits per heavy atom. The number of nitrogens with two attached hydrogens (primary N) is 1. The Bertz CT molecular complexity index is 566. The Balaban J connectivity index is 2.11. The molecule has 2 aromatic rings. The van der Waals surface area contributed by atoms with Crippen LogP contribution < -0.4 is 15.4 Å². The lowest BCUT2D eigenvalue weighted by Crippen LogP contribution is -2.17. The standard InChI is InChI=1S/C18H24N2O/c1-4-17(19)14-9-11-16(12-10-14)20(2)13-15-7-5-6-8-18(15)21-3/h5-12,17H,4,13,19H2,1-3H3. The maximum atomic E-state index is 6.05. The van der Waals surface area contributed by atoms with E-state index < -0.39 is 0 Å². The lowest BCUT2D eigenvalue weighted by Gasteiger charge is -2.21. The molecular weight excluding hydrogens is 260 g/mol. The molecule has 0 spiro atoms. The van der Waals surface area contributed by atoms with Gasteiger partial charge in [0, 0.05) is 30.9 Å². The molecule has 0 saturated heterocycles. The molecular formula is C18H24N2O. The summed E-state index contributed by atoms with van der Waals surface area (Å²) >= 11 is 0. The summed E-state index contributed by atoms with van der Waals surface area (Å²) in [5, 5.41) is 0. The van der Waals surface area contributed by atoms with Crippen LogP contribution in [0.15, 0.2) is 48.5 Å². The highest BCUT2D eigenvalue weighted by Gasteiger charge is 2.08. The highest BCUT2D eigenvalue weighted by molar-refractivity contribution is 5.49. The Labute approximate surface area is 127 Å². The molecule has 0 saturated carbocycles. The second-order valence-corrected chi connectivity index (χ2v) is 5.27. The molecule has 3 nitrogen and oxygen atoms in total. The third-order valence-corrected chi connectivity index (χ3v) is 3.80. The van der Waals surface area contributed by atoms with Crippen LogP contribution in [0.25, 0.3) is 0 Å². The molecule has 0 aliphatic carbocycles. The zero-order valence-electron chi connectivity index (χ0n) is 13.0. The lowest BCUT2D eigenvalue weighted by atomic mass is 10.0. The maximum absolute atomic E-state index is 6.05. The number of benzene rings is 2. The molecule has 2 aromatic carbocycles. The van der Waals surface area contributed by atoms with Gasteiger partial charge in [0.2, 0.25) is 0 Å². The van der Waals surface area contributed by atoms with Gasteiger partial charge in [0.05, 0.1) is 7.11 Å². The third kappa shape index (κ3) is 3.76. The molecule has 0 aliphatic heterocycles. The van der Waals surface area contributed by atoms with Gasteiger partial charge in [0.1, 0.15) is 5.75 Å². The average molecular weight is 284 g/mol. The fourth-order valence-electron chi connectivity index (χ4n) is 2.39. The van der Waals surface area contributed by atoms with Crippen LogP contribution in [0.4, 0.5) is 5.69 Å². The monoisotopic (exact) mass is 284 g/mol. The molecule has 0 radical (unpaired) electrons. The number of ether oxygens (including phenoxy) is 1. The minimum Gasteiger partial charge on any atom is -0.496 e. The predicted molar refractivity (Wildman–Crippen MR) is 88.8 cm³/mol. The Kier molecular flexibility index (Phi) is 5.23. The van der Waals surface area contributed by atoms with Crippen molar-refractivity contribution in [3.05, 3.63) is 59.7 Å². The van der Waals surface area contributed by atoms with Gasteiger partial charge < -0.3 is 15.4 Å². The van der Waals surface area contributed by atoms with E-state index in [4.69, 9.17) is 10.5 Å². The summed E-state index contributed by atoms with van der Waals surface area (Å²) in [6, 6.07) is 16.7. The summed E-state index contributed by atoms with van der Waals surface area (Å²) in [6.07, 6.45) is 0.955. The summed E-state index contributed by atoms with van der Waals surface area (Å²) in [6.45, 7) is 2.91. The molecule has 3 heteroatoms. The van der Waals surface area contributed by atoms with Crippen molar-refractivity contribution >= 4 is 5.69 Å². The number of nitrogens with zero attached hydrogens (tertiary/aromatic N) is 1. The van der Waals surface area contributed by atoms with E-state index in [1.165, 1.54) is 16.8 Å². The topological polar surface area (TPSA) is 38.5 Å². The summed E-state index contributed by atoms with van der Waals surface area (Å²) in [5.41, 5.74) is 9.59. The van der Waals surface area contributed by atoms with Gasteiger partial charge in [-0.05, 0) is 30.2 Å². The summed E-state index contributed by atoms with van der Waals surface area (Å²) in [7, 11) is 3.79. The van der Waals surface area contributed by atoms with Gasteiger partial charge in [-0.15, -0.1) is 0 Å². The second-order valence-electron chi connectivity index (χ2n) is 5.27. The van der Waals surface area contributed by atoms with Crippen LogP contribution in [-0.2, 0) is 6.54 Å². The minimum atomic E-state index is 0.124. The molecule has 2 rings (SSSR count). The van der Waals surface area contributed by atoms with Gasteiger partial charge >= 0.3 is 0 Å². The van der Waals surface area contributed by atoms with Gasteiger partial charge in [-0.25, -0.2) is 0 Å². The van der Waals surface area contributed by atoms with Crippen LogP contribution in [0.2, 0.25) is 0 Å². The van der Waals surface area contributed by atoms with E-state index in [0.29, 0.717) is 0 Å². The van der Waals surface area contributed by atoms with E-state index >= 15 is 0 Å². The van der Waals surface area contributed by atoms with Crippen molar-refractivity contribution in [2.45, 2.75) is 25.9 Å². The molecule has 21 heavy (non-hydrogen) atoms. The number of hydrogen-bond acceptors (Lipinski definition) is 3. The quantitative estimate of drug-likeness (QED) is 0.878. The molecule has 0 amide bonds. The molecule has 0 heterocycles. The molecule has 1 unspecified atom stereocenters. The van der Waals surface area contributed by atoms with Gasteiger partial charge in [-0.3, -0.25) is 0 Å². The van der Waals surface area contributed by atoms with Crippen LogP contribution in [0.5, 0.6) is 5.75 Å². The van der Waals surface area contributed by atoms with Gasteiger partial charge in [0.15, 0.2) is 0 Å². The van der Waals surface area contributed by atoms with Crippen LogP contribution >= 0.6 is 0 Å². The number of anilines is 1. The first-order valence-corrected chi connectivity index (χ1v) is 7.34. The lowest BCUT2D eigenvalue weighted by molar-refractivity contribution is 0.409. The van der Waals surface area contributed by atoms with Gasteiger partial charge in [0.25, 0.3) is 0 Å². The molecule has 112 valence electrons. The van der Waals surface area contributed by atoms with E-state index in [-0.39, 0.29) is 6.04 Å². The van der Waals surface area contributed by atoms with Crippen LogP contribution in [-0.4, -0.2) is 14.2 Å². The predicted octanol–water partition coefficient (Wildman–Crippen LogP) is 3.74. The van der Waals surface area contributed by atoms with Crippen molar-refractivity contribution in [3.63, 3.8) is 0 Å². The Morgan fingerprint density at radius 2 is 1.76 bits per heavy atom. The SMILES string of the molecule is CCC(N)c1ccc(N(C)Cc2ccccc2OC)cc1. The zero-order chi connectivity index (χ0) is 15.2. The molecule has 1 atom stereocenters. The number of para-hydroxylation sites is 1. The van der Waals surface area contributed by atoms with E-state index in [2.05, 4.69) is 49.2 Å². The molecule has 0 fully saturated rings. The van der Waals surface area contributed by atoms with Crippen LogP contribution in [0.3, 0.4) is 0 Å². The first kappa shape index (κ1) is 15.4. The molecule has 0 aromatic heterocycles. The first-order valence-electron chi connectivity index (χ1n) is 7.34. The number of hydrogen-bond donors (Lipinski definition) is 1. The van der Waals surface area contributed by atoms with Crippen molar-refractivity contribution in [2.24, 2.45) is 5.73 Å². The third-order valence-electron chi connectivity index (χ3n) is 3.80. The molecule has 0 aliphatic rings. The zero-order valence-corrected chi connectivity index (χ0v) is 13.0. The Hall–Kier alpha value is -2.00. The van der Waals surface area contributed by atoms with E-state index in [0.717, 1.165) is 18.7 Å². The molecule has 0 bridgehead atoms. The fourth-order valence-corrected chi connectivity index (χ4v) is 2.39. The second kappa shape index (κ2) is 7.14. The van der Waals surface area contributed by atoms with Crippen LogP contribution in [0.1, 0.15) is 30.5 Å². The van der Waals surface area contributed by atoms with Crippen molar-refractivity contribution in [1.82, 2.24) is 0 Å². The average Bonchev–Trinajstić information content (AvgIpc) is 2.54. The van der Waals surface area contributed by atoms with Gasteiger partial charge in [-0.1, -0.05) is 37.3 Å². The number of rotatable bonds is 6.